The van der Waals surface area contributed by atoms with Crippen LogP contribution in [0.5, 0.6) is 17.6 Å². The summed E-state index contributed by atoms with van der Waals surface area (Å²) in [5, 5.41) is 16.1. The van der Waals surface area contributed by atoms with Crippen molar-refractivity contribution >= 4 is 21.8 Å². The Hall–Kier alpha value is -4.00. The molecule has 0 aliphatic heterocycles. The molecule has 1 N–H and O–H groups in total. The van der Waals surface area contributed by atoms with Crippen LogP contribution in [0.15, 0.2) is 67.1 Å². The fourth-order valence-corrected chi connectivity index (χ4v) is 3.22. The SMILES string of the molecule is Cc1ccc(Cn2ncc3cc(Oc4nc(O)c5ccncc5n4)ccc32)cc1. The predicted octanol–water partition coefficient (Wildman–Crippen LogP) is 4.23. The van der Waals surface area contributed by atoms with E-state index in [0.29, 0.717) is 23.2 Å². The van der Waals surface area contributed by atoms with Gasteiger partial charge in [-0.3, -0.25) is 9.67 Å². The average molecular weight is 383 g/mol. The van der Waals surface area contributed by atoms with Gasteiger partial charge in [0.15, 0.2) is 0 Å². The summed E-state index contributed by atoms with van der Waals surface area (Å²) in [6.45, 7) is 2.77. The summed E-state index contributed by atoms with van der Waals surface area (Å²) in [5.41, 5.74) is 3.94. The number of aromatic nitrogens is 5. The van der Waals surface area contributed by atoms with Gasteiger partial charge in [-0.2, -0.15) is 15.1 Å². The van der Waals surface area contributed by atoms with Gasteiger partial charge in [0, 0.05) is 11.6 Å². The lowest BCUT2D eigenvalue weighted by atomic mass is 10.1. The molecule has 0 unspecified atom stereocenters. The standard InChI is InChI=1S/C22H17N5O2/c1-14-2-4-15(5-3-14)13-27-20-7-6-17(10-16(20)11-24-27)29-22-25-19-12-23-9-8-18(19)21(28)26-22/h2-12H,13H2,1H3,(H,25,26,28). The second-order valence-corrected chi connectivity index (χ2v) is 6.83. The van der Waals surface area contributed by atoms with Gasteiger partial charge in [-0.25, -0.2) is 0 Å². The first-order valence-corrected chi connectivity index (χ1v) is 9.15. The summed E-state index contributed by atoms with van der Waals surface area (Å²) in [4.78, 5) is 12.3. The van der Waals surface area contributed by atoms with Gasteiger partial charge < -0.3 is 9.84 Å². The van der Waals surface area contributed by atoms with Gasteiger partial charge in [0.1, 0.15) is 5.75 Å². The lowest BCUT2D eigenvalue weighted by Gasteiger charge is -2.07. The molecule has 142 valence electrons. The number of benzene rings is 2. The topological polar surface area (TPSA) is 86.0 Å². The van der Waals surface area contributed by atoms with Crippen molar-refractivity contribution in [2.75, 3.05) is 0 Å². The van der Waals surface area contributed by atoms with Crippen molar-refractivity contribution < 1.29 is 9.84 Å². The minimum Gasteiger partial charge on any atom is -0.493 e. The first-order chi connectivity index (χ1) is 14.2. The molecule has 7 nitrogen and oxygen atoms in total. The van der Waals surface area contributed by atoms with Gasteiger partial charge in [0.05, 0.1) is 35.4 Å². The molecule has 5 aromatic rings. The van der Waals surface area contributed by atoms with E-state index >= 15 is 0 Å². The third-order valence-electron chi connectivity index (χ3n) is 4.73. The Kier molecular flexibility index (Phi) is 4.05. The number of hydrogen-bond donors (Lipinski definition) is 1. The fourth-order valence-electron chi connectivity index (χ4n) is 3.22. The Morgan fingerprint density at radius 1 is 1.00 bits per heavy atom. The number of nitrogens with zero attached hydrogens (tertiary/aromatic N) is 5. The predicted molar refractivity (Wildman–Crippen MR) is 109 cm³/mol. The highest BCUT2D eigenvalue weighted by atomic mass is 16.5. The molecule has 0 fully saturated rings. The molecule has 0 aliphatic carbocycles. The molecule has 7 heteroatoms. The molecule has 0 radical (unpaired) electrons. The van der Waals surface area contributed by atoms with Crippen LogP contribution in [0.3, 0.4) is 0 Å². The molecule has 0 amide bonds. The first kappa shape index (κ1) is 17.1. The van der Waals surface area contributed by atoms with Crippen molar-refractivity contribution in [3.8, 4) is 17.6 Å². The summed E-state index contributed by atoms with van der Waals surface area (Å²) in [6, 6.07) is 15.8. The molecule has 2 aromatic carbocycles. The highest BCUT2D eigenvalue weighted by Gasteiger charge is 2.10. The van der Waals surface area contributed by atoms with Gasteiger partial charge in [-0.1, -0.05) is 29.8 Å². The van der Waals surface area contributed by atoms with E-state index in [1.54, 1.807) is 24.7 Å². The molecule has 0 spiro atoms. The van der Waals surface area contributed by atoms with E-state index in [-0.39, 0.29) is 11.9 Å². The molecule has 0 saturated heterocycles. The number of aromatic hydroxyl groups is 1. The third kappa shape index (κ3) is 3.34. The van der Waals surface area contributed by atoms with E-state index in [9.17, 15) is 5.11 Å². The lowest BCUT2D eigenvalue weighted by Crippen LogP contribution is -2.01. The largest absolute Gasteiger partial charge is 0.493 e. The normalized spacial score (nSPS) is 11.2. The van der Waals surface area contributed by atoms with Crippen LogP contribution >= 0.6 is 0 Å². The van der Waals surface area contributed by atoms with Crippen LogP contribution < -0.4 is 4.74 Å². The Bertz CT molecular complexity index is 1330. The van der Waals surface area contributed by atoms with Crippen LogP contribution in [-0.4, -0.2) is 29.8 Å². The highest BCUT2D eigenvalue weighted by molar-refractivity contribution is 5.82. The summed E-state index contributed by atoms with van der Waals surface area (Å²) < 4.78 is 7.72. The minimum atomic E-state index is -0.139. The van der Waals surface area contributed by atoms with Gasteiger partial charge in [0.25, 0.3) is 0 Å². The number of rotatable bonds is 4. The molecule has 0 saturated carbocycles. The van der Waals surface area contributed by atoms with E-state index in [2.05, 4.69) is 51.2 Å². The van der Waals surface area contributed by atoms with Crippen LogP contribution in [0.25, 0.3) is 21.8 Å². The number of fused-ring (bicyclic) bond motifs is 2. The Morgan fingerprint density at radius 3 is 2.72 bits per heavy atom. The summed E-state index contributed by atoms with van der Waals surface area (Å²) >= 11 is 0. The first-order valence-electron chi connectivity index (χ1n) is 9.15. The molecule has 0 atom stereocenters. The van der Waals surface area contributed by atoms with E-state index < -0.39 is 0 Å². The number of hydrogen-bond acceptors (Lipinski definition) is 6. The third-order valence-corrected chi connectivity index (χ3v) is 4.73. The molecule has 0 aliphatic rings. The van der Waals surface area contributed by atoms with Crippen molar-refractivity contribution in [3.05, 3.63) is 78.2 Å². The average Bonchev–Trinajstić information content (AvgIpc) is 3.12. The van der Waals surface area contributed by atoms with E-state index in [1.807, 2.05) is 22.9 Å². The zero-order valence-electron chi connectivity index (χ0n) is 15.6. The van der Waals surface area contributed by atoms with E-state index in [4.69, 9.17) is 4.74 Å². The van der Waals surface area contributed by atoms with Crippen LogP contribution in [0, 0.1) is 6.92 Å². The highest BCUT2D eigenvalue weighted by Crippen LogP contribution is 2.28. The van der Waals surface area contributed by atoms with E-state index in [0.717, 1.165) is 10.9 Å². The van der Waals surface area contributed by atoms with Crippen molar-refractivity contribution in [2.24, 2.45) is 0 Å². The van der Waals surface area contributed by atoms with Crippen LogP contribution in [0.1, 0.15) is 11.1 Å². The summed E-state index contributed by atoms with van der Waals surface area (Å²) in [7, 11) is 0. The van der Waals surface area contributed by atoms with Gasteiger partial charge in [-0.05, 0) is 36.8 Å². The van der Waals surface area contributed by atoms with Gasteiger partial charge >= 0.3 is 6.01 Å². The maximum atomic E-state index is 10.1. The monoisotopic (exact) mass is 383 g/mol. The smallest absolute Gasteiger partial charge is 0.325 e. The maximum Gasteiger partial charge on any atom is 0.325 e. The number of aryl methyl sites for hydroxylation is 1. The van der Waals surface area contributed by atoms with Crippen molar-refractivity contribution in [1.82, 2.24) is 24.7 Å². The zero-order chi connectivity index (χ0) is 19.8. The summed E-state index contributed by atoms with van der Waals surface area (Å²) in [6.07, 6.45) is 4.94. The Balaban J connectivity index is 1.43. The Morgan fingerprint density at radius 2 is 1.86 bits per heavy atom. The quantitative estimate of drug-likeness (QED) is 0.500. The zero-order valence-corrected chi connectivity index (χ0v) is 15.6. The second-order valence-electron chi connectivity index (χ2n) is 6.83. The fraction of sp³-hybridized carbons (Fsp3) is 0.0909. The lowest BCUT2D eigenvalue weighted by molar-refractivity contribution is 0.412. The second kappa shape index (κ2) is 6.87. The number of pyridine rings is 1. The van der Waals surface area contributed by atoms with Crippen molar-refractivity contribution in [2.45, 2.75) is 13.5 Å². The molecule has 0 bridgehead atoms. The minimum absolute atomic E-state index is 0.0643. The number of ether oxygens (including phenoxy) is 1. The van der Waals surface area contributed by atoms with Gasteiger partial charge in [-0.15, -0.1) is 0 Å². The van der Waals surface area contributed by atoms with Crippen LogP contribution in [0.4, 0.5) is 0 Å². The molecule has 5 rings (SSSR count). The van der Waals surface area contributed by atoms with E-state index in [1.165, 1.54) is 11.1 Å². The molecule has 3 aromatic heterocycles. The molecular weight excluding hydrogens is 366 g/mol. The molecular formula is C22H17N5O2. The van der Waals surface area contributed by atoms with Crippen molar-refractivity contribution in [3.63, 3.8) is 0 Å². The Labute approximate surface area is 166 Å². The van der Waals surface area contributed by atoms with Crippen LogP contribution in [0.2, 0.25) is 0 Å². The summed E-state index contributed by atoms with van der Waals surface area (Å²) in [5.74, 6) is 0.425. The molecule has 3 heterocycles. The van der Waals surface area contributed by atoms with Crippen molar-refractivity contribution in [1.29, 1.82) is 0 Å². The van der Waals surface area contributed by atoms with Crippen LogP contribution in [-0.2, 0) is 6.54 Å². The molecule has 29 heavy (non-hydrogen) atoms. The maximum absolute atomic E-state index is 10.1. The van der Waals surface area contributed by atoms with Gasteiger partial charge in [0.2, 0.25) is 5.88 Å².